The van der Waals surface area contributed by atoms with Crippen LogP contribution in [0, 0.1) is 0 Å². The molecule has 2 rings (SSSR count). The highest BCUT2D eigenvalue weighted by molar-refractivity contribution is 7.99. The molecule has 1 aromatic rings. The van der Waals surface area contributed by atoms with Crippen molar-refractivity contribution >= 4 is 34.3 Å². The predicted molar refractivity (Wildman–Crippen MR) is 81.2 cm³/mol. The molecular weight excluding hydrogens is 296 g/mol. The van der Waals surface area contributed by atoms with Crippen LogP contribution in [0.4, 0.5) is 5.13 Å². The number of anilines is 1. The molecule has 6 nitrogen and oxygen atoms in total. The van der Waals surface area contributed by atoms with Crippen molar-refractivity contribution in [3.05, 3.63) is 0 Å². The van der Waals surface area contributed by atoms with Crippen LogP contribution in [0.15, 0.2) is 5.16 Å². The first-order valence-corrected chi connectivity index (χ1v) is 8.60. The first-order chi connectivity index (χ1) is 9.67. The number of piperidine rings is 1. The molecular formula is C12H20N4O2S2. The van der Waals surface area contributed by atoms with Crippen molar-refractivity contribution in [2.24, 2.45) is 0 Å². The average Bonchev–Trinajstić information content (AvgIpc) is 2.83. The van der Waals surface area contributed by atoms with Gasteiger partial charge in [0.15, 0.2) is 0 Å². The van der Waals surface area contributed by atoms with E-state index in [-0.39, 0.29) is 12.0 Å². The average molecular weight is 316 g/mol. The van der Waals surface area contributed by atoms with Gasteiger partial charge in [0.25, 0.3) is 0 Å². The Hall–Kier alpha value is -0.700. The van der Waals surface area contributed by atoms with E-state index in [1.807, 2.05) is 4.90 Å². The molecule has 1 aliphatic rings. The highest BCUT2D eigenvalue weighted by Gasteiger charge is 2.20. The Morgan fingerprint density at radius 2 is 2.50 bits per heavy atom. The van der Waals surface area contributed by atoms with Crippen molar-refractivity contribution in [1.29, 1.82) is 0 Å². The zero-order chi connectivity index (χ0) is 14.4. The number of rotatable bonds is 6. The Bertz CT molecular complexity index is 441. The summed E-state index contributed by atoms with van der Waals surface area (Å²) in [6, 6.07) is 0. The Balaban J connectivity index is 1.77. The number of nitrogens with one attached hydrogen (secondary N) is 1. The maximum Gasteiger partial charge on any atom is 0.240 e. The number of β-amino-alcohol motifs (C(OH)–C–C–N with tert-alkyl or cyclic N) is 1. The van der Waals surface area contributed by atoms with Crippen molar-refractivity contribution in [3.63, 3.8) is 0 Å². The Morgan fingerprint density at radius 3 is 3.25 bits per heavy atom. The van der Waals surface area contributed by atoms with Crippen LogP contribution < -0.4 is 5.32 Å². The largest absolute Gasteiger partial charge is 0.392 e. The van der Waals surface area contributed by atoms with Gasteiger partial charge < -0.3 is 5.11 Å². The molecule has 2 heterocycles. The second-order valence-electron chi connectivity index (χ2n) is 4.81. The molecule has 0 saturated carbocycles. The summed E-state index contributed by atoms with van der Waals surface area (Å²) in [4.78, 5) is 18.1. The van der Waals surface area contributed by atoms with E-state index >= 15 is 0 Å². The van der Waals surface area contributed by atoms with E-state index < -0.39 is 0 Å². The topological polar surface area (TPSA) is 78.4 Å². The molecule has 1 aromatic heterocycles. The van der Waals surface area contributed by atoms with Gasteiger partial charge in [0.2, 0.25) is 16.2 Å². The number of hydrogen-bond donors (Lipinski definition) is 2. The number of aliphatic hydroxyl groups excluding tert-OH is 1. The van der Waals surface area contributed by atoms with Crippen LogP contribution in [-0.2, 0) is 4.79 Å². The summed E-state index contributed by atoms with van der Waals surface area (Å²) < 4.78 is 4.19. The van der Waals surface area contributed by atoms with Gasteiger partial charge in [-0.3, -0.25) is 15.0 Å². The van der Waals surface area contributed by atoms with Crippen LogP contribution >= 0.6 is 23.3 Å². The maximum absolute atomic E-state index is 11.9. The highest BCUT2D eigenvalue weighted by atomic mass is 32.2. The number of aromatic nitrogens is 2. The van der Waals surface area contributed by atoms with E-state index in [9.17, 15) is 9.90 Å². The number of hydrogen-bond acceptors (Lipinski definition) is 7. The number of thioether (sulfide) groups is 1. The molecule has 0 aliphatic carbocycles. The summed E-state index contributed by atoms with van der Waals surface area (Å²) in [6.45, 7) is 3.84. The molecule has 1 atom stereocenters. The van der Waals surface area contributed by atoms with E-state index in [1.54, 1.807) is 11.8 Å². The van der Waals surface area contributed by atoms with E-state index in [2.05, 4.69) is 21.6 Å². The van der Waals surface area contributed by atoms with Crippen molar-refractivity contribution in [3.8, 4) is 0 Å². The van der Waals surface area contributed by atoms with Crippen LogP contribution in [0.2, 0.25) is 0 Å². The van der Waals surface area contributed by atoms with Crippen molar-refractivity contribution in [1.82, 2.24) is 14.3 Å². The second-order valence-corrected chi connectivity index (χ2v) is 6.62. The Labute approximate surface area is 127 Å². The summed E-state index contributed by atoms with van der Waals surface area (Å²) in [5, 5.41) is 13.6. The van der Waals surface area contributed by atoms with Crippen LogP contribution in [-0.4, -0.2) is 56.8 Å². The van der Waals surface area contributed by atoms with Crippen molar-refractivity contribution < 1.29 is 9.90 Å². The first-order valence-electron chi connectivity index (χ1n) is 6.84. The molecule has 0 bridgehead atoms. The van der Waals surface area contributed by atoms with Gasteiger partial charge in [-0.05, 0) is 25.8 Å². The van der Waals surface area contributed by atoms with Gasteiger partial charge in [-0.15, -0.1) is 0 Å². The fourth-order valence-electron chi connectivity index (χ4n) is 2.05. The normalized spacial score (nSPS) is 20.0. The molecule has 1 saturated heterocycles. The number of nitrogens with zero attached hydrogens (tertiary/aromatic N) is 3. The quantitative estimate of drug-likeness (QED) is 0.773. The van der Waals surface area contributed by atoms with Crippen LogP contribution in [0.5, 0.6) is 0 Å². The predicted octanol–water partition coefficient (Wildman–Crippen LogP) is 1.44. The lowest BCUT2D eigenvalue weighted by Gasteiger charge is -2.29. The van der Waals surface area contributed by atoms with E-state index in [1.165, 1.54) is 11.5 Å². The molecule has 8 heteroatoms. The van der Waals surface area contributed by atoms with Gasteiger partial charge >= 0.3 is 0 Å². The minimum atomic E-state index is -0.310. The van der Waals surface area contributed by atoms with Gasteiger partial charge in [0.05, 0.1) is 12.6 Å². The molecule has 1 aliphatic heterocycles. The van der Waals surface area contributed by atoms with E-state index in [0.717, 1.165) is 36.7 Å². The van der Waals surface area contributed by atoms with Crippen molar-refractivity contribution in [2.75, 3.05) is 30.7 Å². The fourth-order valence-corrected chi connectivity index (χ4v) is 3.46. The van der Waals surface area contributed by atoms with Crippen LogP contribution in [0.3, 0.4) is 0 Å². The zero-order valence-corrected chi connectivity index (χ0v) is 13.2. The molecule has 1 fully saturated rings. The monoisotopic (exact) mass is 316 g/mol. The van der Waals surface area contributed by atoms with Crippen LogP contribution in [0.1, 0.15) is 26.2 Å². The lowest BCUT2D eigenvalue weighted by atomic mass is 10.1. The summed E-state index contributed by atoms with van der Waals surface area (Å²) >= 11 is 2.81. The fraction of sp³-hybridized carbons (Fsp3) is 0.750. The number of aliphatic hydroxyl groups is 1. The smallest absolute Gasteiger partial charge is 0.240 e. The molecule has 0 radical (unpaired) electrons. The highest BCUT2D eigenvalue weighted by Crippen LogP contribution is 2.20. The number of carbonyl (C=O) groups is 1. The molecule has 112 valence electrons. The van der Waals surface area contributed by atoms with Gasteiger partial charge in [-0.25, -0.2) is 0 Å². The third-order valence-corrected chi connectivity index (χ3v) is 4.74. The lowest BCUT2D eigenvalue weighted by molar-refractivity contribution is -0.118. The summed E-state index contributed by atoms with van der Waals surface area (Å²) in [5.41, 5.74) is 0. The summed E-state index contributed by atoms with van der Waals surface area (Å²) in [6.07, 6.45) is 2.52. The third-order valence-electron chi connectivity index (χ3n) is 2.94. The number of amides is 1. The second kappa shape index (κ2) is 7.92. The van der Waals surface area contributed by atoms with Gasteiger partial charge in [-0.2, -0.15) is 9.36 Å². The lowest BCUT2D eigenvalue weighted by Crippen LogP contribution is -2.42. The minimum Gasteiger partial charge on any atom is -0.392 e. The number of carbonyl (C=O) groups excluding carboxylic acids is 1. The first kappa shape index (κ1) is 15.7. The Morgan fingerprint density at radius 1 is 1.65 bits per heavy atom. The molecule has 0 aromatic carbocycles. The van der Waals surface area contributed by atoms with Gasteiger partial charge in [-0.1, -0.05) is 18.7 Å². The Kier molecular flexibility index (Phi) is 6.21. The van der Waals surface area contributed by atoms with Crippen LogP contribution in [0.25, 0.3) is 0 Å². The zero-order valence-electron chi connectivity index (χ0n) is 11.5. The molecule has 0 spiro atoms. The SMILES string of the molecule is CCCSc1nsc(NC(=O)CN2CCC[C@H](O)C2)n1. The molecule has 20 heavy (non-hydrogen) atoms. The molecule has 0 unspecified atom stereocenters. The van der Waals surface area contributed by atoms with E-state index in [4.69, 9.17) is 0 Å². The third kappa shape index (κ3) is 5.01. The maximum atomic E-state index is 11.9. The van der Waals surface area contributed by atoms with Crippen molar-refractivity contribution in [2.45, 2.75) is 37.4 Å². The summed E-state index contributed by atoms with van der Waals surface area (Å²) in [7, 11) is 0. The molecule has 1 amide bonds. The minimum absolute atomic E-state index is 0.0951. The van der Waals surface area contributed by atoms with Gasteiger partial charge in [0, 0.05) is 23.8 Å². The van der Waals surface area contributed by atoms with E-state index in [0.29, 0.717) is 18.2 Å². The number of likely N-dealkylation sites (tertiary alicyclic amines) is 1. The standard InChI is InChI=1S/C12H20N4O2S2/c1-2-6-19-12-14-11(20-15-12)13-10(18)8-16-5-3-4-9(17)7-16/h9,17H,2-8H2,1H3,(H,13,14,15,18)/t9-/m0/s1. The molecule has 2 N–H and O–H groups in total. The summed E-state index contributed by atoms with van der Waals surface area (Å²) in [5.74, 6) is 0.887. The van der Waals surface area contributed by atoms with Gasteiger partial charge in [0.1, 0.15) is 0 Å².